The summed E-state index contributed by atoms with van der Waals surface area (Å²) in [6.07, 6.45) is 2.14. The van der Waals surface area contributed by atoms with Crippen LogP contribution in [0.15, 0.2) is 11.6 Å². The largest absolute Gasteiger partial charge is 0.392 e. The van der Waals surface area contributed by atoms with E-state index in [1.807, 2.05) is 27.7 Å². The SMILES string of the molecule is CC(C)OP(=O)(OC(C)C)C1C/C1=C/CO. The number of hydrogen-bond donors (Lipinski definition) is 1. The highest BCUT2D eigenvalue weighted by atomic mass is 31.2. The van der Waals surface area contributed by atoms with Crippen molar-refractivity contribution in [3.8, 4) is 0 Å². The van der Waals surface area contributed by atoms with Crippen LogP contribution in [0.1, 0.15) is 34.1 Å². The van der Waals surface area contributed by atoms with E-state index in [-0.39, 0.29) is 24.5 Å². The Balaban J connectivity index is 2.73. The Morgan fingerprint density at radius 2 is 1.88 bits per heavy atom. The lowest BCUT2D eigenvalue weighted by molar-refractivity contribution is 0.142. The summed E-state index contributed by atoms with van der Waals surface area (Å²) in [4.78, 5) is 0. The Morgan fingerprint density at radius 1 is 1.38 bits per heavy atom. The van der Waals surface area contributed by atoms with Gasteiger partial charge < -0.3 is 14.2 Å². The Bertz CT molecular complexity index is 295. The van der Waals surface area contributed by atoms with Crippen molar-refractivity contribution in [3.63, 3.8) is 0 Å². The number of aliphatic hydroxyl groups is 1. The van der Waals surface area contributed by atoms with Crippen molar-refractivity contribution in [1.29, 1.82) is 0 Å². The lowest BCUT2D eigenvalue weighted by Crippen LogP contribution is -2.10. The lowest BCUT2D eigenvalue weighted by atomic mass is 10.5. The van der Waals surface area contributed by atoms with Gasteiger partial charge >= 0.3 is 7.60 Å². The van der Waals surface area contributed by atoms with Crippen LogP contribution in [0.5, 0.6) is 0 Å². The van der Waals surface area contributed by atoms with Gasteiger partial charge in [0.05, 0.1) is 24.5 Å². The zero-order chi connectivity index (χ0) is 12.3. The van der Waals surface area contributed by atoms with Crippen LogP contribution in [0, 0.1) is 0 Å². The first-order valence-corrected chi connectivity index (χ1v) is 7.26. The first kappa shape index (κ1) is 13.9. The van der Waals surface area contributed by atoms with Gasteiger partial charge in [-0.15, -0.1) is 0 Å². The average Bonchev–Trinajstić information content (AvgIpc) is 2.81. The Morgan fingerprint density at radius 3 is 2.25 bits per heavy atom. The topological polar surface area (TPSA) is 55.8 Å². The maximum absolute atomic E-state index is 12.5. The summed E-state index contributed by atoms with van der Waals surface area (Å²) in [5, 5.41) is 8.78. The van der Waals surface area contributed by atoms with Gasteiger partial charge in [0.1, 0.15) is 0 Å². The maximum atomic E-state index is 12.5. The fourth-order valence-electron chi connectivity index (χ4n) is 1.58. The highest BCUT2D eigenvalue weighted by molar-refractivity contribution is 7.55. The Kier molecular flexibility index (Phi) is 4.74. The zero-order valence-corrected chi connectivity index (χ0v) is 11.2. The molecule has 0 bridgehead atoms. The van der Waals surface area contributed by atoms with Crippen molar-refractivity contribution in [1.82, 2.24) is 0 Å². The molecule has 0 aromatic heterocycles. The Labute approximate surface area is 97.2 Å². The van der Waals surface area contributed by atoms with Crippen LogP contribution >= 0.6 is 7.60 Å². The molecule has 0 radical (unpaired) electrons. The van der Waals surface area contributed by atoms with E-state index >= 15 is 0 Å². The molecule has 1 rings (SSSR count). The first-order valence-electron chi connectivity index (χ1n) is 5.65. The van der Waals surface area contributed by atoms with Crippen molar-refractivity contribution in [2.45, 2.75) is 52.0 Å². The van der Waals surface area contributed by atoms with Crippen LogP contribution in [-0.4, -0.2) is 29.6 Å². The molecule has 1 fully saturated rings. The molecule has 0 saturated heterocycles. The normalized spacial score (nSPS) is 23.4. The van der Waals surface area contributed by atoms with Crippen molar-refractivity contribution in [2.24, 2.45) is 0 Å². The summed E-state index contributed by atoms with van der Waals surface area (Å²) in [5.41, 5.74) is 0.830. The fraction of sp³-hybridized carbons (Fsp3) is 0.818. The van der Waals surface area contributed by atoms with Gasteiger partial charge in [-0.05, 0) is 34.1 Å². The molecule has 94 valence electrons. The minimum absolute atomic E-state index is 0.0187. The van der Waals surface area contributed by atoms with Crippen molar-refractivity contribution < 1.29 is 18.7 Å². The molecule has 5 heteroatoms. The third kappa shape index (κ3) is 3.70. The van der Waals surface area contributed by atoms with Gasteiger partial charge in [0.15, 0.2) is 0 Å². The molecule has 1 unspecified atom stereocenters. The summed E-state index contributed by atoms with van der Waals surface area (Å²) in [5.74, 6) is 0. The highest BCUT2D eigenvalue weighted by Crippen LogP contribution is 2.66. The van der Waals surface area contributed by atoms with Gasteiger partial charge in [-0.1, -0.05) is 11.6 Å². The average molecular weight is 248 g/mol. The zero-order valence-electron chi connectivity index (χ0n) is 10.3. The second-order valence-electron chi connectivity index (χ2n) is 4.53. The quantitative estimate of drug-likeness (QED) is 0.580. The first-order chi connectivity index (χ1) is 7.39. The molecule has 1 aliphatic rings. The molecule has 0 aliphatic heterocycles. The van der Waals surface area contributed by atoms with Crippen LogP contribution in [-0.2, 0) is 13.6 Å². The van der Waals surface area contributed by atoms with Crippen molar-refractivity contribution in [2.75, 3.05) is 6.61 Å². The molecule has 0 aromatic rings. The van der Waals surface area contributed by atoms with E-state index in [0.717, 1.165) is 5.57 Å². The van der Waals surface area contributed by atoms with Gasteiger partial charge in [0, 0.05) is 0 Å². The minimum Gasteiger partial charge on any atom is -0.392 e. The maximum Gasteiger partial charge on any atom is 0.338 e. The van der Waals surface area contributed by atoms with Crippen molar-refractivity contribution in [3.05, 3.63) is 11.6 Å². The van der Waals surface area contributed by atoms with Crippen LogP contribution in [0.4, 0.5) is 0 Å². The summed E-state index contributed by atoms with van der Waals surface area (Å²) in [6, 6.07) is 0. The molecular weight excluding hydrogens is 227 g/mol. The summed E-state index contributed by atoms with van der Waals surface area (Å²) in [6.45, 7) is 7.35. The molecule has 16 heavy (non-hydrogen) atoms. The lowest BCUT2D eigenvalue weighted by Gasteiger charge is -2.22. The standard InChI is InChI=1S/C11H21O4P/c1-8(2)14-16(13,15-9(3)4)11-7-10(11)5-6-12/h5,8-9,11-12H,6-7H2,1-4H3/b10-5-. The van der Waals surface area contributed by atoms with E-state index in [1.165, 1.54) is 0 Å². The fourth-order valence-corrected chi connectivity index (χ4v) is 4.04. The van der Waals surface area contributed by atoms with Crippen LogP contribution in [0.3, 0.4) is 0 Å². The summed E-state index contributed by atoms with van der Waals surface area (Å²) < 4.78 is 23.4. The molecule has 0 heterocycles. The third-order valence-corrected chi connectivity index (χ3v) is 4.86. The molecule has 4 nitrogen and oxygen atoms in total. The second-order valence-corrected chi connectivity index (χ2v) is 6.65. The van der Waals surface area contributed by atoms with Gasteiger partial charge in [0.25, 0.3) is 0 Å². The number of rotatable bonds is 6. The minimum atomic E-state index is -3.06. The smallest absolute Gasteiger partial charge is 0.338 e. The van der Waals surface area contributed by atoms with Gasteiger partial charge in [0.2, 0.25) is 0 Å². The summed E-state index contributed by atoms with van der Waals surface area (Å²) in [7, 11) is -3.06. The molecule has 1 aliphatic carbocycles. The molecule has 0 amide bonds. The molecule has 1 saturated carbocycles. The summed E-state index contributed by atoms with van der Waals surface area (Å²) >= 11 is 0. The molecule has 0 aromatic carbocycles. The predicted molar refractivity (Wildman–Crippen MR) is 63.6 cm³/mol. The number of hydrogen-bond acceptors (Lipinski definition) is 4. The highest BCUT2D eigenvalue weighted by Gasteiger charge is 2.49. The van der Waals surface area contributed by atoms with E-state index in [0.29, 0.717) is 6.42 Å². The van der Waals surface area contributed by atoms with Gasteiger partial charge in [-0.25, -0.2) is 0 Å². The van der Waals surface area contributed by atoms with Gasteiger partial charge in [-0.2, -0.15) is 0 Å². The van der Waals surface area contributed by atoms with Crippen LogP contribution in [0.25, 0.3) is 0 Å². The van der Waals surface area contributed by atoms with E-state index < -0.39 is 7.60 Å². The molecule has 1 N–H and O–H groups in total. The van der Waals surface area contributed by atoms with Crippen LogP contribution < -0.4 is 0 Å². The predicted octanol–water partition coefficient (Wildman–Crippen LogP) is 2.72. The second kappa shape index (κ2) is 5.46. The molecule has 0 spiro atoms. The van der Waals surface area contributed by atoms with Crippen LogP contribution in [0.2, 0.25) is 0 Å². The number of allylic oxidation sites excluding steroid dienone is 1. The van der Waals surface area contributed by atoms with E-state index in [4.69, 9.17) is 14.2 Å². The Hall–Kier alpha value is -0.150. The number of aliphatic hydroxyl groups excluding tert-OH is 1. The third-order valence-electron chi connectivity index (χ3n) is 2.15. The van der Waals surface area contributed by atoms with Crippen molar-refractivity contribution >= 4 is 7.60 Å². The van der Waals surface area contributed by atoms with E-state index in [9.17, 15) is 4.57 Å². The van der Waals surface area contributed by atoms with Gasteiger partial charge in [-0.3, -0.25) is 4.57 Å². The monoisotopic (exact) mass is 248 g/mol. The van der Waals surface area contributed by atoms with E-state index in [2.05, 4.69) is 0 Å². The van der Waals surface area contributed by atoms with E-state index in [1.54, 1.807) is 6.08 Å². The molecular formula is C11H21O4P. The molecule has 1 atom stereocenters.